The molecule has 0 amide bonds. The second kappa shape index (κ2) is 4.74. The molecule has 0 bridgehead atoms. The van der Waals surface area contributed by atoms with Crippen LogP contribution >= 0.6 is 0 Å². The van der Waals surface area contributed by atoms with E-state index in [9.17, 15) is 0 Å². The molecule has 0 N–H and O–H groups in total. The molecule has 86 valence electrons. The molecule has 1 aromatic carbocycles. The van der Waals surface area contributed by atoms with Crippen molar-refractivity contribution >= 4 is 0 Å². The maximum Gasteiger partial charge on any atom is 0.162 e. The molecule has 0 radical (unpaired) electrons. The van der Waals surface area contributed by atoms with Crippen LogP contribution in [0.2, 0.25) is 0 Å². The molecule has 0 saturated heterocycles. The zero-order chi connectivity index (χ0) is 12.3. The highest BCUT2D eigenvalue weighted by molar-refractivity contribution is 5.33. The summed E-state index contributed by atoms with van der Waals surface area (Å²) in [5, 5.41) is 20.5. The lowest BCUT2D eigenvalue weighted by Crippen LogP contribution is -2.19. The van der Waals surface area contributed by atoms with Gasteiger partial charge in [-0.05, 0) is 28.8 Å². The van der Waals surface area contributed by atoms with E-state index in [1.54, 1.807) is 4.80 Å². The summed E-state index contributed by atoms with van der Waals surface area (Å²) >= 11 is 0. The topological polar surface area (TPSA) is 67.4 Å². The molecule has 0 spiro atoms. The van der Waals surface area contributed by atoms with E-state index >= 15 is 0 Å². The standard InChI is InChI=1S/C12H13N5/c1-9(2)12(17-15-8-14-16-17)11-5-3-10(7-13)4-6-11/h3-6,8-9,12H,1-2H3. The van der Waals surface area contributed by atoms with Gasteiger partial charge in [0.2, 0.25) is 0 Å². The fraction of sp³-hybridized carbons (Fsp3) is 0.333. The van der Waals surface area contributed by atoms with Crippen LogP contribution < -0.4 is 0 Å². The van der Waals surface area contributed by atoms with Gasteiger partial charge in [-0.2, -0.15) is 10.1 Å². The van der Waals surface area contributed by atoms with Crippen molar-refractivity contribution in [1.29, 1.82) is 5.26 Å². The van der Waals surface area contributed by atoms with Gasteiger partial charge >= 0.3 is 0 Å². The van der Waals surface area contributed by atoms with E-state index in [1.807, 2.05) is 24.3 Å². The summed E-state index contributed by atoms with van der Waals surface area (Å²) in [4.78, 5) is 1.60. The molecule has 1 atom stereocenters. The Morgan fingerprint density at radius 3 is 2.41 bits per heavy atom. The van der Waals surface area contributed by atoms with Crippen molar-refractivity contribution in [2.75, 3.05) is 0 Å². The normalized spacial score (nSPS) is 12.4. The summed E-state index contributed by atoms with van der Waals surface area (Å²) < 4.78 is 0. The lowest BCUT2D eigenvalue weighted by Gasteiger charge is -2.19. The first kappa shape index (κ1) is 11.3. The fourth-order valence-electron chi connectivity index (χ4n) is 1.84. The predicted octanol–water partition coefficient (Wildman–Crippen LogP) is 1.79. The quantitative estimate of drug-likeness (QED) is 0.801. The van der Waals surface area contributed by atoms with Crippen LogP contribution in [-0.4, -0.2) is 20.2 Å². The van der Waals surface area contributed by atoms with Crippen LogP contribution in [0.15, 0.2) is 30.6 Å². The van der Waals surface area contributed by atoms with Gasteiger partial charge in [0.15, 0.2) is 6.33 Å². The third kappa shape index (κ3) is 2.31. The molecule has 1 heterocycles. The minimum absolute atomic E-state index is 0.0465. The Morgan fingerprint density at radius 1 is 1.24 bits per heavy atom. The van der Waals surface area contributed by atoms with Gasteiger partial charge < -0.3 is 0 Å². The Morgan fingerprint density at radius 2 is 1.94 bits per heavy atom. The third-order valence-corrected chi connectivity index (χ3v) is 2.63. The highest BCUT2D eigenvalue weighted by atomic mass is 15.6. The number of hydrogen-bond donors (Lipinski definition) is 0. The van der Waals surface area contributed by atoms with Crippen molar-refractivity contribution in [3.8, 4) is 6.07 Å². The Hall–Kier alpha value is -2.22. The van der Waals surface area contributed by atoms with Crippen LogP contribution in [0.4, 0.5) is 0 Å². The first-order valence-electron chi connectivity index (χ1n) is 5.45. The molecule has 1 unspecified atom stereocenters. The SMILES string of the molecule is CC(C)C(c1ccc(C#N)cc1)n1ncnn1. The number of nitriles is 1. The van der Waals surface area contributed by atoms with Gasteiger partial charge in [-0.1, -0.05) is 26.0 Å². The summed E-state index contributed by atoms with van der Waals surface area (Å²) in [6, 6.07) is 9.64. The van der Waals surface area contributed by atoms with Crippen molar-refractivity contribution in [3.05, 3.63) is 41.7 Å². The molecule has 0 saturated carbocycles. The van der Waals surface area contributed by atoms with Crippen LogP contribution in [-0.2, 0) is 0 Å². The van der Waals surface area contributed by atoms with E-state index in [1.165, 1.54) is 6.33 Å². The minimum Gasteiger partial charge on any atom is -0.192 e. The van der Waals surface area contributed by atoms with E-state index in [0.717, 1.165) is 5.56 Å². The van der Waals surface area contributed by atoms with Gasteiger partial charge in [0.25, 0.3) is 0 Å². The molecule has 0 aliphatic heterocycles. The average molecular weight is 227 g/mol. The van der Waals surface area contributed by atoms with Crippen LogP contribution in [0.25, 0.3) is 0 Å². The Labute approximate surface area is 99.7 Å². The van der Waals surface area contributed by atoms with Gasteiger partial charge in [0.05, 0.1) is 11.6 Å². The smallest absolute Gasteiger partial charge is 0.162 e. The van der Waals surface area contributed by atoms with E-state index in [4.69, 9.17) is 5.26 Å². The maximum absolute atomic E-state index is 8.77. The van der Waals surface area contributed by atoms with Gasteiger partial charge in [0, 0.05) is 0 Å². The van der Waals surface area contributed by atoms with E-state index in [2.05, 4.69) is 35.3 Å². The number of aromatic nitrogens is 4. The first-order valence-corrected chi connectivity index (χ1v) is 5.45. The van der Waals surface area contributed by atoms with Crippen LogP contribution in [0.3, 0.4) is 0 Å². The van der Waals surface area contributed by atoms with Crippen molar-refractivity contribution in [3.63, 3.8) is 0 Å². The summed E-state index contributed by atoms with van der Waals surface area (Å²) in [5.41, 5.74) is 1.74. The molecule has 2 rings (SSSR count). The Balaban J connectivity index is 2.37. The molecule has 0 fully saturated rings. The largest absolute Gasteiger partial charge is 0.192 e. The minimum atomic E-state index is 0.0465. The molecule has 1 aromatic heterocycles. The van der Waals surface area contributed by atoms with E-state index in [0.29, 0.717) is 11.5 Å². The highest BCUT2D eigenvalue weighted by Gasteiger charge is 2.19. The third-order valence-electron chi connectivity index (χ3n) is 2.63. The molecule has 5 heteroatoms. The number of rotatable bonds is 3. The number of nitrogens with zero attached hydrogens (tertiary/aromatic N) is 5. The maximum atomic E-state index is 8.77. The number of tetrazole rings is 1. The van der Waals surface area contributed by atoms with Crippen LogP contribution in [0.1, 0.15) is 31.0 Å². The zero-order valence-electron chi connectivity index (χ0n) is 9.78. The van der Waals surface area contributed by atoms with Crippen LogP contribution in [0, 0.1) is 17.2 Å². The molecule has 0 aliphatic carbocycles. The molecule has 0 aliphatic rings. The zero-order valence-corrected chi connectivity index (χ0v) is 9.78. The van der Waals surface area contributed by atoms with E-state index in [-0.39, 0.29) is 6.04 Å². The lowest BCUT2D eigenvalue weighted by atomic mass is 9.96. The highest BCUT2D eigenvalue weighted by Crippen LogP contribution is 2.24. The molecular formula is C12H13N5. The fourth-order valence-corrected chi connectivity index (χ4v) is 1.84. The van der Waals surface area contributed by atoms with Crippen LogP contribution in [0.5, 0.6) is 0 Å². The first-order chi connectivity index (χ1) is 8.22. The number of hydrogen-bond acceptors (Lipinski definition) is 4. The Bertz CT molecular complexity index is 507. The van der Waals surface area contributed by atoms with Gasteiger partial charge in [-0.3, -0.25) is 0 Å². The second-order valence-electron chi connectivity index (χ2n) is 4.18. The molecular weight excluding hydrogens is 214 g/mol. The van der Waals surface area contributed by atoms with Crippen molar-refractivity contribution in [1.82, 2.24) is 20.2 Å². The van der Waals surface area contributed by atoms with Gasteiger partial charge in [0.1, 0.15) is 6.04 Å². The number of benzene rings is 1. The molecule has 2 aromatic rings. The molecule has 5 nitrogen and oxygen atoms in total. The lowest BCUT2D eigenvalue weighted by molar-refractivity contribution is 0.358. The monoisotopic (exact) mass is 227 g/mol. The average Bonchev–Trinajstić information content (AvgIpc) is 2.83. The second-order valence-corrected chi connectivity index (χ2v) is 4.18. The summed E-state index contributed by atoms with van der Waals surface area (Å²) in [6.45, 7) is 4.21. The van der Waals surface area contributed by atoms with Gasteiger partial charge in [-0.25, -0.2) is 0 Å². The van der Waals surface area contributed by atoms with Crippen molar-refractivity contribution in [2.24, 2.45) is 5.92 Å². The predicted molar refractivity (Wildman–Crippen MR) is 62.0 cm³/mol. The van der Waals surface area contributed by atoms with Crippen molar-refractivity contribution < 1.29 is 0 Å². The van der Waals surface area contributed by atoms with E-state index < -0.39 is 0 Å². The summed E-state index contributed by atoms with van der Waals surface area (Å²) in [7, 11) is 0. The van der Waals surface area contributed by atoms with Crippen molar-refractivity contribution in [2.45, 2.75) is 19.9 Å². The summed E-state index contributed by atoms with van der Waals surface area (Å²) in [5.74, 6) is 0.345. The summed E-state index contributed by atoms with van der Waals surface area (Å²) in [6.07, 6.45) is 1.43. The Kier molecular flexibility index (Phi) is 3.15. The molecule has 17 heavy (non-hydrogen) atoms. The van der Waals surface area contributed by atoms with Gasteiger partial charge in [-0.15, -0.1) is 10.2 Å².